The van der Waals surface area contributed by atoms with Crippen molar-refractivity contribution in [2.24, 2.45) is 0 Å². The number of benzene rings is 3. The van der Waals surface area contributed by atoms with Crippen molar-refractivity contribution in [1.82, 2.24) is 15.0 Å². The van der Waals surface area contributed by atoms with E-state index < -0.39 is 5.91 Å². The summed E-state index contributed by atoms with van der Waals surface area (Å²) in [5.41, 5.74) is 3.33. The van der Waals surface area contributed by atoms with Crippen LogP contribution < -0.4 is 29.0 Å². The van der Waals surface area contributed by atoms with E-state index in [2.05, 4.69) is 15.6 Å². The van der Waals surface area contributed by atoms with E-state index in [4.69, 9.17) is 23.7 Å². The molecule has 3 aromatic carbocycles. The first-order valence-corrected chi connectivity index (χ1v) is 12.0. The number of aromatic nitrogens is 3. The molecule has 0 saturated carbocycles. The van der Waals surface area contributed by atoms with E-state index in [9.17, 15) is 4.79 Å². The number of carbonyl (C=O) groups excluding carboxylic acids is 1. The summed E-state index contributed by atoms with van der Waals surface area (Å²) in [6, 6.07) is 16.8. The number of rotatable bonds is 11. The van der Waals surface area contributed by atoms with Crippen molar-refractivity contribution in [1.29, 1.82) is 0 Å². The van der Waals surface area contributed by atoms with Gasteiger partial charge in [0.1, 0.15) is 11.5 Å². The lowest BCUT2D eigenvalue weighted by Gasteiger charge is -2.13. The summed E-state index contributed by atoms with van der Waals surface area (Å²) in [7, 11) is 7.86. The zero-order valence-corrected chi connectivity index (χ0v) is 22.4. The minimum Gasteiger partial charge on any atom is -0.497 e. The summed E-state index contributed by atoms with van der Waals surface area (Å²) in [6.07, 6.45) is 5.40. The van der Waals surface area contributed by atoms with E-state index >= 15 is 0 Å². The largest absolute Gasteiger partial charge is 0.497 e. The Labute approximate surface area is 226 Å². The molecule has 0 radical (unpaired) electrons. The number of amides is 1. The number of carbonyl (C=O) groups is 1. The predicted octanol–water partition coefficient (Wildman–Crippen LogP) is 4.79. The first kappa shape index (κ1) is 27.1. The number of methoxy groups -OCH3 is 5. The molecule has 1 N–H and O–H groups in total. The molecule has 0 aliphatic carbocycles. The molecule has 39 heavy (non-hydrogen) atoms. The minimum atomic E-state index is -0.407. The molecule has 1 amide bonds. The summed E-state index contributed by atoms with van der Waals surface area (Å²) >= 11 is 0. The average molecular weight is 531 g/mol. The van der Waals surface area contributed by atoms with Crippen molar-refractivity contribution in [3.8, 4) is 28.7 Å². The smallest absolute Gasteiger partial charge is 0.277 e. The Balaban J connectivity index is 1.51. The molecule has 0 saturated heterocycles. The highest BCUT2D eigenvalue weighted by atomic mass is 16.5. The molecule has 0 spiro atoms. The van der Waals surface area contributed by atoms with Crippen LogP contribution >= 0.6 is 0 Å². The van der Waals surface area contributed by atoms with Gasteiger partial charge in [-0.3, -0.25) is 4.79 Å². The topological polar surface area (TPSA) is 106 Å². The van der Waals surface area contributed by atoms with Gasteiger partial charge in [0.15, 0.2) is 17.2 Å². The molecular formula is C29H30N4O6. The van der Waals surface area contributed by atoms with Gasteiger partial charge in [0, 0.05) is 0 Å². The molecule has 0 unspecified atom stereocenters. The van der Waals surface area contributed by atoms with Crippen LogP contribution in [0.5, 0.6) is 28.7 Å². The summed E-state index contributed by atoms with van der Waals surface area (Å²) in [4.78, 5) is 13.0. The van der Waals surface area contributed by atoms with Crippen LogP contribution in [0.3, 0.4) is 0 Å². The zero-order valence-electron chi connectivity index (χ0n) is 22.4. The first-order chi connectivity index (χ1) is 19.0. The third-order valence-corrected chi connectivity index (χ3v) is 5.88. The number of anilines is 1. The van der Waals surface area contributed by atoms with Gasteiger partial charge in [-0.1, -0.05) is 35.6 Å². The Kier molecular flexibility index (Phi) is 8.67. The minimum absolute atomic E-state index is 0.179. The molecule has 0 aliphatic heterocycles. The maximum atomic E-state index is 13.0. The number of nitrogens with one attached hydrogen (secondary N) is 1. The second kappa shape index (κ2) is 12.5. The van der Waals surface area contributed by atoms with E-state index in [1.165, 1.54) is 0 Å². The fourth-order valence-electron chi connectivity index (χ4n) is 3.94. The molecule has 0 fully saturated rings. The van der Waals surface area contributed by atoms with E-state index in [0.717, 1.165) is 22.4 Å². The highest BCUT2D eigenvalue weighted by Crippen LogP contribution is 2.38. The van der Waals surface area contributed by atoms with Gasteiger partial charge in [0.05, 0.1) is 54.0 Å². The Morgan fingerprint density at radius 1 is 0.821 bits per heavy atom. The van der Waals surface area contributed by atoms with E-state index in [0.29, 0.717) is 35.2 Å². The molecule has 0 atom stereocenters. The Hall–Kier alpha value is -4.99. The first-order valence-electron chi connectivity index (χ1n) is 12.0. The molecule has 10 heteroatoms. The molecule has 1 heterocycles. The lowest BCUT2D eigenvalue weighted by Crippen LogP contribution is -2.13. The van der Waals surface area contributed by atoms with Gasteiger partial charge in [0.25, 0.3) is 5.91 Å². The normalized spacial score (nSPS) is 10.8. The highest BCUT2D eigenvalue weighted by Gasteiger charge is 2.15. The van der Waals surface area contributed by atoms with Gasteiger partial charge in [0.2, 0.25) is 5.75 Å². The van der Waals surface area contributed by atoms with Crippen molar-refractivity contribution < 1.29 is 28.5 Å². The van der Waals surface area contributed by atoms with Crippen LogP contribution in [0.2, 0.25) is 0 Å². The molecule has 10 nitrogen and oxygen atoms in total. The van der Waals surface area contributed by atoms with Crippen LogP contribution in [0.15, 0.2) is 60.8 Å². The van der Waals surface area contributed by atoms with Crippen LogP contribution in [-0.2, 0) is 6.54 Å². The van der Waals surface area contributed by atoms with Gasteiger partial charge < -0.3 is 29.0 Å². The molecular weight excluding hydrogens is 500 g/mol. The van der Waals surface area contributed by atoms with Gasteiger partial charge in [-0.2, -0.15) is 0 Å². The van der Waals surface area contributed by atoms with Crippen molar-refractivity contribution in [2.75, 3.05) is 40.9 Å². The predicted molar refractivity (Wildman–Crippen MR) is 148 cm³/mol. The maximum absolute atomic E-state index is 13.0. The van der Waals surface area contributed by atoms with E-state index in [1.54, 1.807) is 52.5 Å². The molecule has 202 valence electrons. The second-order valence-corrected chi connectivity index (χ2v) is 8.36. The summed E-state index contributed by atoms with van der Waals surface area (Å²) in [5.74, 6) is 2.48. The zero-order chi connectivity index (χ0) is 27.8. The highest BCUT2D eigenvalue weighted by molar-refractivity contribution is 6.03. The fraction of sp³-hybridized carbons (Fsp3) is 0.207. The third-order valence-electron chi connectivity index (χ3n) is 5.88. The van der Waals surface area contributed by atoms with Crippen molar-refractivity contribution in [2.45, 2.75) is 6.54 Å². The SMILES string of the molecule is COc1cccc(Cn2cc(C(=O)Nc3cc(/C=C\c4cc(OC)c(OC)c(OC)c4)ccc3OC)nn2)c1. The van der Waals surface area contributed by atoms with Crippen molar-refractivity contribution in [3.05, 3.63) is 83.2 Å². The van der Waals surface area contributed by atoms with Gasteiger partial charge in [-0.15, -0.1) is 5.10 Å². The summed E-state index contributed by atoms with van der Waals surface area (Å²) in [5, 5.41) is 11.0. The number of hydrogen-bond donors (Lipinski definition) is 1. The van der Waals surface area contributed by atoms with Crippen LogP contribution in [0.25, 0.3) is 12.2 Å². The molecule has 0 bridgehead atoms. The fourth-order valence-corrected chi connectivity index (χ4v) is 3.94. The second-order valence-electron chi connectivity index (χ2n) is 8.36. The standard InChI is InChI=1S/C29H30N4O6/c1-35-22-8-6-7-21(13-22)17-33-18-24(31-32-33)29(34)30-23-14-19(11-12-25(23)36-2)9-10-20-15-26(37-3)28(39-5)27(16-20)38-4/h6-16,18H,17H2,1-5H3,(H,30,34)/b10-9-. The van der Waals surface area contributed by atoms with Gasteiger partial charge >= 0.3 is 0 Å². The Morgan fingerprint density at radius 3 is 2.21 bits per heavy atom. The Morgan fingerprint density at radius 2 is 1.54 bits per heavy atom. The molecule has 1 aromatic heterocycles. The number of hydrogen-bond acceptors (Lipinski definition) is 8. The third kappa shape index (κ3) is 6.48. The van der Waals surface area contributed by atoms with Crippen molar-refractivity contribution >= 4 is 23.7 Å². The van der Waals surface area contributed by atoms with Crippen LogP contribution in [-0.4, -0.2) is 56.5 Å². The van der Waals surface area contributed by atoms with Crippen LogP contribution in [0, 0.1) is 0 Å². The monoisotopic (exact) mass is 530 g/mol. The molecule has 4 rings (SSSR count). The lowest BCUT2D eigenvalue weighted by atomic mass is 10.1. The lowest BCUT2D eigenvalue weighted by molar-refractivity contribution is 0.102. The quantitative estimate of drug-likeness (QED) is 0.276. The van der Waals surface area contributed by atoms with Crippen molar-refractivity contribution in [3.63, 3.8) is 0 Å². The average Bonchev–Trinajstić information content (AvgIpc) is 3.44. The van der Waals surface area contributed by atoms with Gasteiger partial charge in [-0.05, 0) is 53.1 Å². The summed E-state index contributed by atoms with van der Waals surface area (Å²) < 4.78 is 28.6. The number of nitrogens with zero attached hydrogens (tertiary/aromatic N) is 3. The molecule has 0 aliphatic rings. The van der Waals surface area contributed by atoms with Crippen LogP contribution in [0.1, 0.15) is 27.2 Å². The molecule has 4 aromatic rings. The van der Waals surface area contributed by atoms with Crippen LogP contribution in [0.4, 0.5) is 5.69 Å². The Bertz CT molecular complexity index is 1460. The maximum Gasteiger partial charge on any atom is 0.277 e. The van der Waals surface area contributed by atoms with E-state index in [-0.39, 0.29) is 5.69 Å². The summed E-state index contributed by atoms with van der Waals surface area (Å²) in [6.45, 7) is 0.446. The number of ether oxygens (including phenoxy) is 5. The van der Waals surface area contributed by atoms with Gasteiger partial charge in [-0.25, -0.2) is 4.68 Å². The van der Waals surface area contributed by atoms with E-state index in [1.807, 2.05) is 60.7 Å².